The Bertz CT molecular complexity index is 797. The van der Waals surface area contributed by atoms with Gasteiger partial charge in [-0.15, -0.1) is 12.4 Å². The highest BCUT2D eigenvalue weighted by atomic mass is 35.5. The number of hydrogen-bond donors (Lipinski definition) is 0. The molecular weight excluding hydrogens is 313 g/mol. The number of nitrogens with zero attached hydrogens (tertiary/aromatic N) is 1. The molecule has 0 radical (unpaired) electrons. The Morgan fingerprint density at radius 2 is 1.96 bits per heavy atom. The van der Waals surface area contributed by atoms with E-state index in [1.54, 1.807) is 12.3 Å². The van der Waals surface area contributed by atoms with Crippen LogP contribution >= 0.6 is 12.4 Å². The fourth-order valence-corrected chi connectivity index (χ4v) is 2.51. The number of furan rings is 1. The van der Waals surface area contributed by atoms with Crippen LogP contribution in [0.4, 0.5) is 4.39 Å². The summed E-state index contributed by atoms with van der Waals surface area (Å²) in [6.07, 6.45) is 5.70. The van der Waals surface area contributed by atoms with Crippen molar-refractivity contribution in [2.24, 2.45) is 0 Å². The number of fused-ring (bicyclic) bond motifs is 1. The first-order valence-electron chi connectivity index (χ1n) is 7.28. The van der Waals surface area contributed by atoms with Gasteiger partial charge in [0.05, 0.1) is 6.26 Å². The van der Waals surface area contributed by atoms with E-state index in [0.29, 0.717) is 0 Å². The Labute approximate surface area is 141 Å². The van der Waals surface area contributed by atoms with Gasteiger partial charge in [-0.3, -0.25) is 4.90 Å². The Morgan fingerprint density at radius 3 is 2.78 bits per heavy atom. The van der Waals surface area contributed by atoms with E-state index >= 15 is 0 Å². The largest absolute Gasteiger partial charge is 0.464 e. The first-order chi connectivity index (χ1) is 10.7. The van der Waals surface area contributed by atoms with E-state index in [1.807, 2.05) is 36.4 Å². The first-order valence-corrected chi connectivity index (χ1v) is 7.28. The molecule has 3 aromatic rings. The lowest BCUT2D eigenvalue weighted by molar-refractivity contribution is 0.363. The molecule has 0 atom stereocenters. The van der Waals surface area contributed by atoms with Gasteiger partial charge in [-0.05, 0) is 30.8 Å². The van der Waals surface area contributed by atoms with Crippen LogP contribution < -0.4 is 0 Å². The van der Waals surface area contributed by atoms with Gasteiger partial charge in [-0.25, -0.2) is 4.39 Å². The summed E-state index contributed by atoms with van der Waals surface area (Å²) in [5.74, 6) is -0.208. The third-order valence-corrected chi connectivity index (χ3v) is 3.58. The first kappa shape index (κ1) is 17.3. The third-order valence-electron chi connectivity index (χ3n) is 3.58. The lowest BCUT2D eigenvalue weighted by atomic mass is 10.1. The highest BCUT2D eigenvalue weighted by Crippen LogP contribution is 2.20. The Balaban J connectivity index is 0.00000192. The topological polar surface area (TPSA) is 16.4 Å². The van der Waals surface area contributed by atoms with E-state index in [-0.39, 0.29) is 18.2 Å². The smallest absolute Gasteiger partial charge is 0.138 e. The fraction of sp³-hybridized carbons (Fsp3) is 0.158. The zero-order chi connectivity index (χ0) is 15.4. The molecule has 1 aromatic heterocycles. The number of halogens is 2. The lowest BCUT2D eigenvalue weighted by Crippen LogP contribution is -2.17. The molecule has 0 unspecified atom stereocenters. The summed E-state index contributed by atoms with van der Waals surface area (Å²) in [4.78, 5) is 2.19. The van der Waals surface area contributed by atoms with Gasteiger partial charge >= 0.3 is 0 Å². The molecule has 0 fully saturated rings. The Hall–Kier alpha value is -2.10. The molecule has 0 aliphatic carbocycles. The van der Waals surface area contributed by atoms with Crippen LogP contribution in [0, 0.1) is 5.82 Å². The minimum atomic E-state index is -0.208. The summed E-state index contributed by atoms with van der Waals surface area (Å²) in [7, 11) is 2.05. The maximum absolute atomic E-state index is 13.1. The maximum Gasteiger partial charge on any atom is 0.138 e. The zero-order valence-corrected chi connectivity index (χ0v) is 13.7. The quantitative estimate of drug-likeness (QED) is 0.643. The zero-order valence-electron chi connectivity index (χ0n) is 12.9. The summed E-state index contributed by atoms with van der Waals surface area (Å²) < 4.78 is 18.7. The molecule has 2 aromatic carbocycles. The Kier molecular flexibility index (Phi) is 5.97. The van der Waals surface area contributed by atoms with Gasteiger partial charge in [0.2, 0.25) is 0 Å². The van der Waals surface area contributed by atoms with Crippen molar-refractivity contribution in [1.29, 1.82) is 0 Å². The lowest BCUT2D eigenvalue weighted by Gasteiger charge is -2.14. The van der Waals surface area contributed by atoms with Crippen molar-refractivity contribution in [3.8, 4) is 0 Å². The molecule has 0 aliphatic heterocycles. The van der Waals surface area contributed by atoms with E-state index in [1.165, 1.54) is 17.7 Å². The molecule has 1 heterocycles. The van der Waals surface area contributed by atoms with Crippen molar-refractivity contribution in [2.45, 2.75) is 6.54 Å². The van der Waals surface area contributed by atoms with Gasteiger partial charge in [-0.2, -0.15) is 0 Å². The molecule has 0 spiro atoms. The van der Waals surface area contributed by atoms with Crippen LogP contribution in [0.2, 0.25) is 0 Å². The van der Waals surface area contributed by atoms with E-state index < -0.39 is 0 Å². The molecule has 0 amide bonds. The predicted molar refractivity (Wildman–Crippen MR) is 95.2 cm³/mol. The molecule has 4 heteroatoms. The number of para-hydroxylation sites is 1. The second-order valence-electron chi connectivity index (χ2n) is 5.41. The third kappa shape index (κ3) is 4.44. The minimum absolute atomic E-state index is 0. The molecular formula is C19H19ClFNO. The number of hydrogen-bond acceptors (Lipinski definition) is 2. The SMILES string of the molecule is CN(C/C=C/c1cccc(F)c1)Cc1cccc2ccoc12.Cl. The standard InChI is InChI=1S/C19H18FNO.ClH/c1-21(11-4-6-15-5-2-9-18(20)13-15)14-17-8-3-7-16-10-12-22-19(16)17;/h2-10,12-13H,11,14H2,1H3;1H/b6-4+;. The molecule has 0 bridgehead atoms. The number of likely N-dealkylation sites (N-methyl/N-ethyl adjacent to an activating group) is 1. The molecule has 0 saturated carbocycles. The van der Waals surface area contributed by atoms with Crippen LogP contribution in [0.3, 0.4) is 0 Å². The number of rotatable bonds is 5. The van der Waals surface area contributed by atoms with Crippen molar-refractivity contribution in [2.75, 3.05) is 13.6 Å². The average molecular weight is 332 g/mol. The van der Waals surface area contributed by atoms with Crippen molar-refractivity contribution in [3.05, 3.63) is 77.8 Å². The highest BCUT2D eigenvalue weighted by Gasteiger charge is 2.05. The summed E-state index contributed by atoms with van der Waals surface area (Å²) >= 11 is 0. The molecule has 120 valence electrons. The summed E-state index contributed by atoms with van der Waals surface area (Å²) in [6.45, 7) is 1.59. The molecule has 0 saturated heterocycles. The van der Waals surface area contributed by atoms with Gasteiger partial charge in [0.15, 0.2) is 0 Å². The number of benzene rings is 2. The van der Waals surface area contributed by atoms with Crippen molar-refractivity contribution >= 4 is 29.5 Å². The second-order valence-corrected chi connectivity index (χ2v) is 5.41. The van der Waals surface area contributed by atoms with Gasteiger partial charge in [0, 0.05) is 24.0 Å². The van der Waals surface area contributed by atoms with E-state index in [0.717, 1.165) is 29.6 Å². The average Bonchev–Trinajstić information content (AvgIpc) is 2.97. The summed E-state index contributed by atoms with van der Waals surface area (Å²) in [5, 5.41) is 1.13. The van der Waals surface area contributed by atoms with Crippen LogP contribution in [0.5, 0.6) is 0 Å². The Morgan fingerprint density at radius 1 is 1.13 bits per heavy atom. The molecule has 2 nitrogen and oxygen atoms in total. The highest BCUT2D eigenvalue weighted by molar-refractivity contribution is 5.85. The predicted octanol–water partition coefficient (Wildman–Crippen LogP) is 5.14. The molecule has 0 aliphatic rings. The van der Waals surface area contributed by atoms with Gasteiger partial charge in [0.25, 0.3) is 0 Å². The van der Waals surface area contributed by atoms with E-state index in [2.05, 4.69) is 18.0 Å². The van der Waals surface area contributed by atoms with Crippen LogP contribution in [-0.4, -0.2) is 18.5 Å². The molecule has 0 N–H and O–H groups in total. The van der Waals surface area contributed by atoms with Crippen LogP contribution in [0.25, 0.3) is 17.0 Å². The van der Waals surface area contributed by atoms with E-state index in [9.17, 15) is 4.39 Å². The second kappa shape index (κ2) is 7.95. The normalized spacial score (nSPS) is 11.3. The van der Waals surface area contributed by atoms with Gasteiger partial charge < -0.3 is 4.42 Å². The fourth-order valence-electron chi connectivity index (χ4n) is 2.51. The molecule has 3 rings (SSSR count). The van der Waals surface area contributed by atoms with Gasteiger partial charge in [0.1, 0.15) is 11.4 Å². The minimum Gasteiger partial charge on any atom is -0.464 e. The summed E-state index contributed by atoms with van der Waals surface area (Å²) in [5.41, 5.74) is 2.99. The van der Waals surface area contributed by atoms with Crippen molar-refractivity contribution in [3.63, 3.8) is 0 Å². The van der Waals surface area contributed by atoms with Crippen LogP contribution in [0.1, 0.15) is 11.1 Å². The van der Waals surface area contributed by atoms with Crippen molar-refractivity contribution in [1.82, 2.24) is 4.90 Å². The monoisotopic (exact) mass is 331 g/mol. The summed E-state index contributed by atoms with van der Waals surface area (Å²) in [6, 6.07) is 14.7. The molecule has 23 heavy (non-hydrogen) atoms. The maximum atomic E-state index is 13.1. The van der Waals surface area contributed by atoms with Gasteiger partial charge in [-0.1, -0.05) is 42.5 Å². The van der Waals surface area contributed by atoms with Crippen molar-refractivity contribution < 1.29 is 8.81 Å². The van der Waals surface area contributed by atoms with E-state index in [4.69, 9.17) is 4.42 Å². The van der Waals surface area contributed by atoms with Crippen LogP contribution in [-0.2, 0) is 6.54 Å². The van der Waals surface area contributed by atoms with Crippen LogP contribution in [0.15, 0.2) is 65.3 Å².